The Kier molecular flexibility index (Phi) is 6.36. The van der Waals surface area contributed by atoms with Gasteiger partial charge in [0.05, 0.1) is 6.04 Å². The summed E-state index contributed by atoms with van der Waals surface area (Å²) in [5.41, 5.74) is 2.03. The van der Waals surface area contributed by atoms with E-state index in [1.807, 2.05) is 24.4 Å². The number of rotatable bonds is 3. The fourth-order valence-electron chi connectivity index (χ4n) is 3.06. The van der Waals surface area contributed by atoms with Gasteiger partial charge in [-0.2, -0.15) is 0 Å². The zero-order valence-electron chi connectivity index (χ0n) is 14.3. The van der Waals surface area contributed by atoms with Crippen LogP contribution < -0.4 is 5.32 Å². The molecular weight excluding hydrogens is 366 g/mol. The number of carbonyl (C=O) groups excluding carboxylic acids is 1. The number of carbonyl (C=O) groups is 1. The van der Waals surface area contributed by atoms with Crippen LogP contribution in [-0.2, 0) is 4.79 Å². The number of benzene rings is 1. The largest absolute Gasteiger partial charge is 0.342 e. The van der Waals surface area contributed by atoms with Crippen molar-refractivity contribution in [2.75, 3.05) is 6.54 Å². The molecule has 3 rings (SSSR count). The molecule has 1 saturated heterocycles. The third-order valence-corrected chi connectivity index (χ3v) is 4.95. The van der Waals surface area contributed by atoms with E-state index in [-0.39, 0.29) is 11.9 Å². The number of hydrogen-bond acceptors (Lipinski definition) is 3. The highest BCUT2D eigenvalue weighted by atomic mass is 35.5. The highest BCUT2D eigenvalue weighted by Gasteiger charge is 2.26. The van der Waals surface area contributed by atoms with E-state index in [1.165, 1.54) is 6.08 Å². The van der Waals surface area contributed by atoms with Crippen LogP contribution in [0.1, 0.15) is 36.4 Å². The number of aromatic nitrogens is 1. The minimum atomic E-state index is -0.236. The van der Waals surface area contributed by atoms with Gasteiger partial charge in [0.2, 0.25) is 5.91 Å². The van der Waals surface area contributed by atoms with Gasteiger partial charge >= 0.3 is 0 Å². The van der Waals surface area contributed by atoms with Crippen LogP contribution in [0.5, 0.6) is 0 Å². The van der Waals surface area contributed by atoms with Crippen LogP contribution in [0, 0.1) is 0 Å². The topological polar surface area (TPSA) is 45.2 Å². The van der Waals surface area contributed by atoms with Crippen molar-refractivity contribution in [2.45, 2.75) is 25.3 Å². The Balaban J connectivity index is 1.63. The van der Waals surface area contributed by atoms with Crippen molar-refractivity contribution in [1.82, 2.24) is 15.2 Å². The molecule has 0 saturated carbocycles. The number of nitrogens with zero attached hydrogens (tertiary/aromatic N) is 2. The summed E-state index contributed by atoms with van der Waals surface area (Å²) in [6, 6.07) is 11.4. The molecule has 1 amide bonds. The first kappa shape index (κ1) is 18.5. The Morgan fingerprint density at radius 3 is 2.81 bits per heavy atom. The lowest BCUT2D eigenvalue weighted by Gasteiger charge is -2.37. The second kappa shape index (κ2) is 8.92. The molecular formula is C20H20ClN3OS. The molecule has 1 unspecified atom stereocenters. The Labute approximate surface area is 163 Å². The second-order valence-electron chi connectivity index (χ2n) is 6.17. The van der Waals surface area contributed by atoms with Crippen LogP contribution in [0.3, 0.4) is 0 Å². The zero-order valence-corrected chi connectivity index (χ0v) is 15.8. The predicted molar refractivity (Wildman–Crippen MR) is 109 cm³/mol. The normalized spacial score (nSPS) is 17.3. The molecule has 2 heterocycles. The number of thiocarbonyl (C=S) groups is 1. The average molecular weight is 386 g/mol. The van der Waals surface area contributed by atoms with Crippen molar-refractivity contribution in [2.24, 2.45) is 0 Å². The second-order valence-corrected chi connectivity index (χ2v) is 6.99. The standard InChI is InChI=1S/C20H20ClN3OS/c21-17-9-6-15(7-10-17)8-11-19(25)23-20(26)24-13-2-1-5-18(24)16-4-3-12-22-14-16/h3-4,6-12,14,18H,1-2,5,13H2,(H,23,25,26). The van der Waals surface area contributed by atoms with E-state index >= 15 is 0 Å². The number of halogens is 1. The average Bonchev–Trinajstić information content (AvgIpc) is 2.68. The fraction of sp³-hybridized carbons (Fsp3) is 0.250. The summed E-state index contributed by atoms with van der Waals surface area (Å²) in [7, 11) is 0. The maximum Gasteiger partial charge on any atom is 0.250 e. The van der Waals surface area contributed by atoms with Crippen LogP contribution in [0.15, 0.2) is 54.9 Å². The highest BCUT2D eigenvalue weighted by molar-refractivity contribution is 7.80. The smallest absolute Gasteiger partial charge is 0.250 e. The number of nitrogens with one attached hydrogen (secondary N) is 1. The summed E-state index contributed by atoms with van der Waals surface area (Å²) in [6.45, 7) is 0.833. The zero-order chi connectivity index (χ0) is 18.4. The van der Waals surface area contributed by atoms with Crippen LogP contribution >= 0.6 is 23.8 Å². The molecule has 1 aliphatic rings. The molecule has 1 aliphatic heterocycles. The van der Waals surface area contributed by atoms with Crippen molar-refractivity contribution < 1.29 is 4.79 Å². The van der Waals surface area contributed by atoms with Crippen LogP contribution in [0.4, 0.5) is 0 Å². The highest BCUT2D eigenvalue weighted by Crippen LogP contribution is 2.30. The molecule has 1 fully saturated rings. The van der Waals surface area contributed by atoms with Gasteiger partial charge in [0.15, 0.2) is 5.11 Å². The fourth-order valence-corrected chi connectivity index (χ4v) is 3.50. The van der Waals surface area contributed by atoms with Crippen LogP contribution in [0.25, 0.3) is 6.08 Å². The molecule has 2 aromatic rings. The van der Waals surface area contributed by atoms with Gasteiger partial charge in [0.1, 0.15) is 0 Å². The van der Waals surface area contributed by atoms with Crippen LogP contribution in [-0.4, -0.2) is 27.4 Å². The molecule has 0 radical (unpaired) electrons. The van der Waals surface area contributed by atoms with E-state index < -0.39 is 0 Å². The Bertz CT molecular complexity index is 792. The van der Waals surface area contributed by atoms with Crippen molar-refractivity contribution in [3.63, 3.8) is 0 Å². The molecule has 0 aliphatic carbocycles. The lowest BCUT2D eigenvalue weighted by atomic mass is 9.97. The van der Waals surface area contributed by atoms with Crippen molar-refractivity contribution in [1.29, 1.82) is 0 Å². The van der Waals surface area contributed by atoms with Crippen molar-refractivity contribution in [3.8, 4) is 0 Å². The lowest BCUT2D eigenvalue weighted by Crippen LogP contribution is -2.46. The summed E-state index contributed by atoms with van der Waals surface area (Å²) in [5.74, 6) is -0.236. The molecule has 1 aromatic heterocycles. The van der Waals surface area contributed by atoms with E-state index in [4.69, 9.17) is 23.8 Å². The van der Waals surface area contributed by atoms with Gasteiger partial charge in [0, 0.05) is 30.0 Å². The molecule has 26 heavy (non-hydrogen) atoms. The van der Waals surface area contributed by atoms with Crippen LogP contribution in [0.2, 0.25) is 5.02 Å². The third-order valence-electron chi connectivity index (χ3n) is 4.36. The minimum absolute atomic E-state index is 0.158. The maximum atomic E-state index is 12.2. The molecule has 4 nitrogen and oxygen atoms in total. The summed E-state index contributed by atoms with van der Waals surface area (Å²) >= 11 is 11.4. The van der Waals surface area contributed by atoms with Crippen molar-refractivity contribution >= 4 is 40.9 Å². The molecule has 1 N–H and O–H groups in total. The monoisotopic (exact) mass is 385 g/mol. The minimum Gasteiger partial charge on any atom is -0.342 e. The van der Waals surface area contributed by atoms with Gasteiger partial charge < -0.3 is 4.90 Å². The van der Waals surface area contributed by atoms with E-state index in [2.05, 4.69) is 21.3 Å². The van der Waals surface area contributed by atoms with Gasteiger partial charge in [-0.3, -0.25) is 15.1 Å². The molecule has 6 heteroatoms. The first-order chi connectivity index (χ1) is 12.6. The Morgan fingerprint density at radius 1 is 1.27 bits per heavy atom. The molecule has 134 valence electrons. The quantitative estimate of drug-likeness (QED) is 0.629. The van der Waals surface area contributed by atoms with Gasteiger partial charge in [0.25, 0.3) is 0 Å². The lowest BCUT2D eigenvalue weighted by molar-refractivity contribution is -0.115. The van der Waals surface area contributed by atoms with Gasteiger partial charge in [-0.05, 0) is 66.9 Å². The Hall–Kier alpha value is -2.24. The molecule has 1 atom stereocenters. The Morgan fingerprint density at radius 2 is 2.08 bits per heavy atom. The number of hydrogen-bond donors (Lipinski definition) is 1. The number of likely N-dealkylation sites (tertiary alicyclic amines) is 1. The van der Waals surface area contributed by atoms with Gasteiger partial charge in [-0.15, -0.1) is 0 Å². The van der Waals surface area contributed by atoms with E-state index in [9.17, 15) is 4.79 Å². The first-order valence-corrected chi connectivity index (χ1v) is 9.37. The van der Waals surface area contributed by atoms with Gasteiger partial charge in [-0.1, -0.05) is 29.8 Å². The predicted octanol–water partition coefficient (Wildman–Crippen LogP) is 4.38. The molecule has 1 aromatic carbocycles. The molecule has 0 spiro atoms. The first-order valence-electron chi connectivity index (χ1n) is 8.58. The number of pyridine rings is 1. The molecule has 0 bridgehead atoms. The summed E-state index contributed by atoms with van der Waals surface area (Å²) in [5, 5.41) is 3.94. The van der Waals surface area contributed by atoms with E-state index in [0.717, 1.165) is 36.9 Å². The third kappa shape index (κ3) is 4.90. The van der Waals surface area contributed by atoms with E-state index in [1.54, 1.807) is 24.4 Å². The maximum absolute atomic E-state index is 12.2. The SMILES string of the molecule is O=C(C=Cc1ccc(Cl)cc1)NC(=S)N1CCCCC1c1cccnc1. The summed E-state index contributed by atoms with van der Waals surface area (Å²) in [6.07, 6.45) is 10.1. The number of piperidine rings is 1. The van der Waals surface area contributed by atoms with Gasteiger partial charge in [-0.25, -0.2) is 0 Å². The van der Waals surface area contributed by atoms with E-state index in [0.29, 0.717) is 10.1 Å². The summed E-state index contributed by atoms with van der Waals surface area (Å²) < 4.78 is 0. The summed E-state index contributed by atoms with van der Waals surface area (Å²) in [4.78, 5) is 18.5. The number of amides is 1. The van der Waals surface area contributed by atoms with Crippen molar-refractivity contribution in [3.05, 3.63) is 71.0 Å².